The summed E-state index contributed by atoms with van der Waals surface area (Å²) in [5.41, 5.74) is 0.577. The lowest BCUT2D eigenvalue weighted by Crippen LogP contribution is -2.06. The summed E-state index contributed by atoms with van der Waals surface area (Å²) in [6, 6.07) is 0. The van der Waals surface area contributed by atoms with Crippen LogP contribution in [-0.4, -0.2) is 24.2 Å². The van der Waals surface area contributed by atoms with E-state index in [1.54, 1.807) is 6.92 Å². The summed E-state index contributed by atoms with van der Waals surface area (Å²) in [5, 5.41) is 0. The molecule has 0 aliphatic heterocycles. The molecule has 5 heteroatoms. The summed E-state index contributed by atoms with van der Waals surface area (Å²) in [5.74, 6) is -0.252. The van der Waals surface area contributed by atoms with Crippen molar-refractivity contribution in [2.75, 3.05) is 13.2 Å². The fraction of sp³-hybridized carbons (Fsp3) is 0.692. The molecule has 1 aromatic rings. The van der Waals surface area contributed by atoms with E-state index >= 15 is 0 Å². The van der Waals surface area contributed by atoms with Crippen molar-refractivity contribution < 1.29 is 18.7 Å². The second-order valence-corrected chi connectivity index (χ2v) is 4.08. The molecule has 1 aromatic heterocycles. The normalized spacial score (nSPS) is 10.4. The molecule has 102 valence electrons. The quantitative estimate of drug-likeness (QED) is 0.527. The van der Waals surface area contributed by atoms with E-state index in [0.717, 1.165) is 25.7 Å². The van der Waals surface area contributed by atoms with Crippen LogP contribution in [-0.2, 0) is 4.74 Å². The molecule has 0 aliphatic rings. The summed E-state index contributed by atoms with van der Waals surface area (Å²) in [4.78, 5) is 15.6. The lowest BCUT2D eigenvalue weighted by molar-refractivity contribution is 0.0446. The molecule has 0 atom stereocenters. The van der Waals surface area contributed by atoms with E-state index < -0.39 is 5.97 Å². The van der Waals surface area contributed by atoms with Crippen LogP contribution >= 0.6 is 0 Å². The highest BCUT2D eigenvalue weighted by atomic mass is 16.6. The zero-order valence-electron chi connectivity index (χ0n) is 11.3. The number of carbonyl (C=O) groups excluding carboxylic acids is 1. The largest absolute Gasteiger partial charge is 0.464 e. The molecule has 18 heavy (non-hydrogen) atoms. The smallest absolute Gasteiger partial charge is 0.394 e. The Morgan fingerprint density at radius 1 is 1.22 bits per heavy atom. The number of aryl methyl sites for hydroxylation is 1. The third kappa shape index (κ3) is 4.39. The van der Waals surface area contributed by atoms with E-state index in [9.17, 15) is 4.79 Å². The molecule has 0 N–H and O–H groups in total. The van der Waals surface area contributed by atoms with E-state index in [1.165, 1.54) is 0 Å². The monoisotopic (exact) mass is 255 g/mol. The molecule has 0 spiro atoms. The first-order valence-corrected chi connectivity index (χ1v) is 6.46. The molecule has 0 saturated heterocycles. The minimum absolute atomic E-state index is 0.0323. The lowest BCUT2D eigenvalue weighted by atomic mass is 10.4. The molecule has 0 radical (unpaired) electrons. The third-order valence-corrected chi connectivity index (χ3v) is 2.39. The van der Waals surface area contributed by atoms with Gasteiger partial charge in [0.05, 0.1) is 13.2 Å². The predicted octanol–water partition coefficient (Wildman–Crippen LogP) is 3.12. The highest BCUT2D eigenvalue weighted by molar-refractivity contribution is 5.84. The van der Waals surface area contributed by atoms with Crippen LogP contribution in [0.4, 0.5) is 0 Å². The molecule has 0 fully saturated rings. The number of ether oxygens (including phenoxy) is 2. The van der Waals surface area contributed by atoms with Crippen molar-refractivity contribution >= 4 is 5.97 Å². The Morgan fingerprint density at radius 2 is 1.89 bits per heavy atom. The Kier molecular flexibility index (Phi) is 6.25. The van der Waals surface area contributed by atoms with Gasteiger partial charge in [0.15, 0.2) is 0 Å². The molecule has 1 heterocycles. The minimum atomic E-state index is -0.531. The van der Waals surface area contributed by atoms with Gasteiger partial charge in [-0.15, -0.1) is 0 Å². The van der Waals surface area contributed by atoms with Crippen molar-refractivity contribution in [3.63, 3.8) is 0 Å². The number of nitrogens with zero attached hydrogens (tertiary/aromatic N) is 1. The topological polar surface area (TPSA) is 61.6 Å². The van der Waals surface area contributed by atoms with E-state index in [2.05, 4.69) is 11.9 Å². The maximum atomic E-state index is 11.6. The molecule has 5 nitrogen and oxygen atoms in total. The van der Waals surface area contributed by atoms with Crippen LogP contribution in [0.3, 0.4) is 0 Å². The average Bonchev–Trinajstić information content (AvgIpc) is 2.72. The van der Waals surface area contributed by atoms with Gasteiger partial charge in [-0.2, -0.15) is 0 Å². The SMILES string of the molecule is CCCCOC(=O)c1nc(C)c(OCCCC)o1. The number of aromatic nitrogens is 1. The van der Waals surface area contributed by atoms with Gasteiger partial charge in [-0.1, -0.05) is 26.7 Å². The molecule has 0 aromatic carbocycles. The van der Waals surface area contributed by atoms with Crippen LogP contribution in [0.2, 0.25) is 0 Å². The highest BCUT2D eigenvalue weighted by Crippen LogP contribution is 2.20. The van der Waals surface area contributed by atoms with Gasteiger partial charge in [-0.25, -0.2) is 9.78 Å². The molecule has 0 aliphatic carbocycles. The van der Waals surface area contributed by atoms with E-state index in [4.69, 9.17) is 13.9 Å². The van der Waals surface area contributed by atoms with Crippen LogP contribution in [0, 0.1) is 6.92 Å². The Labute approximate surface area is 107 Å². The van der Waals surface area contributed by atoms with Gasteiger partial charge in [0.25, 0.3) is 0 Å². The number of carbonyl (C=O) groups is 1. The highest BCUT2D eigenvalue weighted by Gasteiger charge is 2.18. The van der Waals surface area contributed by atoms with Crippen molar-refractivity contribution in [3.8, 4) is 5.95 Å². The van der Waals surface area contributed by atoms with Gasteiger partial charge in [0.1, 0.15) is 5.69 Å². The Hall–Kier alpha value is -1.52. The summed E-state index contributed by atoms with van der Waals surface area (Å²) < 4.78 is 15.7. The first-order chi connectivity index (χ1) is 8.69. The molecule has 0 bridgehead atoms. The van der Waals surface area contributed by atoms with Gasteiger partial charge >= 0.3 is 17.8 Å². The van der Waals surface area contributed by atoms with Crippen LogP contribution in [0.15, 0.2) is 4.42 Å². The van der Waals surface area contributed by atoms with Crippen molar-refractivity contribution in [1.29, 1.82) is 0 Å². The summed E-state index contributed by atoms with van der Waals surface area (Å²) >= 11 is 0. The van der Waals surface area contributed by atoms with Crippen LogP contribution < -0.4 is 4.74 Å². The van der Waals surface area contributed by atoms with Crippen molar-refractivity contribution in [1.82, 2.24) is 4.98 Å². The number of hydrogen-bond donors (Lipinski definition) is 0. The Balaban J connectivity index is 2.51. The minimum Gasteiger partial charge on any atom is -0.464 e. The number of unbranched alkanes of at least 4 members (excludes halogenated alkanes) is 2. The van der Waals surface area contributed by atoms with Crippen LogP contribution in [0.25, 0.3) is 0 Å². The van der Waals surface area contributed by atoms with E-state index in [1.807, 2.05) is 6.92 Å². The number of rotatable bonds is 8. The van der Waals surface area contributed by atoms with Crippen molar-refractivity contribution in [3.05, 3.63) is 11.6 Å². The van der Waals surface area contributed by atoms with Gasteiger partial charge in [0.2, 0.25) is 0 Å². The maximum Gasteiger partial charge on any atom is 0.394 e. The van der Waals surface area contributed by atoms with Crippen molar-refractivity contribution in [2.45, 2.75) is 46.5 Å². The number of oxazole rings is 1. The second kappa shape index (κ2) is 7.74. The van der Waals surface area contributed by atoms with E-state index in [-0.39, 0.29) is 5.89 Å². The molecule has 0 unspecified atom stereocenters. The molecular weight excluding hydrogens is 234 g/mol. The van der Waals surface area contributed by atoms with Gasteiger partial charge < -0.3 is 13.9 Å². The lowest BCUT2D eigenvalue weighted by Gasteiger charge is -2.01. The predicted molar refractivity (Wildman–Crippen MR) is 66.8 cm³/mol. The second-order valence-electron chi connectivity index (χ2n) is 4.08. The van der Waals surface area contributed by atoms with Gasteiger partial charge in [-0.05, 0) is 19.8 Å². The molecule has 0 saturated carbocycles. The first-order valence-electron chi connectivity index (χ1n) is 6.46. The average molecular weight is 255 g/mol. The zero-order chi connectivity index (χ0) is 13.4. The Bertz CT molecular complexity index is 373. The first kappa shape index (κ1) is 14.5. The van der Waals surface area contributed by atoms with Gasteiger partial charge in [0, 0.05) is 0 Å². The number of hydrogen-bond acceptors (Lipinski definition) is 5. The third-order valence-electron chi connectivity index (χ3n) is 2.39. The van der Waals surface area contributed by atoms with Crippen LogP contribution in [0.1, 0.15) is 55.9 Å². The Morgan fingerprint density at radius 3 is 2.56 bits per heavy atom. The van der Waals surface area contributed by atoms with Gasteiger partial charge in [-0.3, -0.25) is 0 Å². The molecular formula is C13H21NO4. The summed E-state index contributed by atoms with van der Waals surface area (Å²) in [6.45, 7) is 6.81. The molecule has 0 amide bonds. The van der Waals surface area contributed by atoms with Crippen LogP contribution in [0.5, 0.6) is 5.95 Å². The van der Waals surface area contributed by atoms with E-state index in [0.29, 0.717) is 24.9 Å². The maximum absolute atomic E-state index is 11.6. The zero-order valence-corrected chi connectivity index (χ0v) is 11.3. The number of esters is 1. The standard InChI is InChI=1S/C13H21NO4/c1-4-6-8-16-12(15)11-14-10(3)13(18-11)17-9-7-5-2/h4-9H2,1-3H3. The van der Waals surface area contributed by atoms with Crippen molar-refractivity contribution in [2.24, 2.45) is 0 Å². The molecule has 1 rings (SSSR count). The fourth-order valence-electron chi connectivity index (χ4n) is 1.28. The summed E-state index contributed by atoms with van der Waals surface area (Å²) in [7, 11) is 0. The summed E-state index contributed by atoms with van der Waals surface area (Å²) in [6.07, 6.45) is 3.80. The fourth-order valence-corrected chi connectivity index (χ4v) is 1.28.